The van der Waals surface area contributed by atoms with Crippen molar-refractivity contribution in [2.24, 2.45) is 0 Å². The van der Waals surface area contributed by atoms with Gasteiger partial charge in [0.1, 0.15) is 17.4 Å². The molecular formula is C17H14F2N2O6. The van der Waals surface area contributed by atoms with Crippen molar-refractivity contribution in [1.82, 2.24) is 0 Å². The van der Waals surface area contributed by atoms with E-state index in [1.807, 2.05) is 0 Å². The third kappa shape index (κ3) is 4.97. The fraction of sp³-hybridized carbons (Fsp3) is 0.176. The number of hydrogen-bond donors (Lipinski definition) is 1. The van der Waals surface area contributed by atoms with Crippen LogP contribution in [0.25, 0.3) is 0 Å². The summed E-state index contributed by atoms with van der Waals surface area (Å²) in [5, 5.41) is 13.2. The van der Waals surface area contributed by atoms with Crippen LogP contribution in [0.1, 0.15) is 17.3 Å². The summed E-state index contributed by atoms with van der Waals surface area (Å²) >= 11 is 0. The van der Waals surface area contributed by atoms with E-state index in [4.69, 9.17) is 9.47 Å². The number of carbonyl (C=O) groups excluding carboxylic acids is 2. The first-order valence-corrected chi connectivity index (χ1v) is 7.51. The average Bonchev–Trinajstić information content (AvgIpc) is 2.60. The second-order valence-corrected chi connectivity index (χ2v) is 5.34. The molecule has 0 aliphatic heterocycles. The molecule has 0 fully saturated rings. The number of nitrogens with one attached hydrogen (secondary N) is 1. The molecule has 0 bridgehead atoms. The molecule has 0 saturated heterocycles. The third-order valence-electron chi connectivity index (χ3n) is 3.40. The van der Waals surface area contributed by atoms with Crippen molar-refractivity contribution in [2.45, 2.75) is 13.0 Å². The van der Waals surface area contributed by atoms with Crippen LogP contribution < -0.4 is 10.1 Å². The number of methoxy groups -OCH3 is 1. The lowest BCUT2D eigenvalue weighted by Gasteiger charge is -2.15. The summed E-state index contributed by atoms with van der Waals surface area (Å²) in [6, 6.07) is 5.67. The monoisotopic (exact) mass is 380 g/mol. The second-order valence-electron chi connectivity index (χ2n) is 5.34. The number of esters is 1. The molecule has 2 rings (SSSR count). The highest BCUT2D eigenvalue weighted by Gasteiger charge is 2.22. The third-order valence-corrected chi connectivity index (χ3v) is 3.40. The maximum Gasteiger partial charge on any atom is 0.339 e. The molecule has 0 heterocycles. The summed E-state index contributed by atoms with van der Waals surface area (Å²) in [7, 11) is 1.30. The van der Waals surface area contributed by atoms with Gasteiger partial charge in [0.15, 0.2) is 6.10 Å². The number of amides is 1. The van der Waals surface area contributed by atoms with Crippen LogP contribution in [0.3, 0.4) is 0 Å². The maximum atomic E-state index is 13.2. The van der Waals surface area contributed by atoms with Crippen molar-refractivity contribution in [3.63, 3.8) is 0 Å². The summed E-state index contributed by atoms with van der Waals surface area (Å²) in [5.41, 5.74) is -0.692. The average molecular weight is 380 g/mol. The van der Waals surface area contributed by atoms with Crippen molar-refractivity contribution >= 4 is 23.3 Å². The molecule has 2 aromatic carbocycles. The molecule has 1 atom stereocenters. The molecule has 0 aliphatic carbocycles. The fourth-order valence-corrected chi connectivity index (χ4v) is 2.10. The quantitative estimate of drug-likeness (QED) is 0.469. The largest absolute Gasteiger partial charge is 0.495 e. The second kappa shape index (κ2) is 8.21. The van der Waals surface area contributed by atoms with E-state index in [0.717, 1.165) is 18.2 Å². The first-order chi connectivity index (χ1) is 12.7. The van der Waals surface area contributed by atoms with Crippen LogP contribution in [-0.2, 0) is 9.53 Å². The van der Waals surface area contributed by atoms with E-state index in [1.54, 1.807) is 0 Å². The Kier molecular flexibility index (Phi) is 6.01. The number of anilines is 1. The van der Waals surface area contributed by atoms with Crippen LogP contribution in [0, 0.1) is 21.7 Å². The van der Waals surface area contributed by atoms with Gasteiger partial charge in [0.25, 0.3) is 11.6 Å². The number of halogens is 2. The Morgan fingerprint density at radius 2 is 1.78 bits per heavy atom. The number of nitro groups is 1. The molecular weight excluding hydrogens is 366 g/mol. The number of ether oxygens (including phenoxy) is 2. The van der Waals surface area contributed by atoms with Gasteiger partial charge in [-0.2, -0.15) is 0 Å². The Balaban J connectivity index is 2.12. The molecule has 10 heteroatoms. The molecule has 0 aliphatic rings. The van der Waals surface area contributed by atoms with E-state index in [-0.39, 0.29) is 17.1 Å². The minimum Gasteiger partial charge on any atom is -0.495 e. The van der Waals surface area contributed by atoms with E-state index in [9.17, 15) is 28.5 Å². The van der Waals surface area contributed by atoms with Crippen molar-refractivity contribution in [2.75, 3.05) is 12.4 Å². The van der Waals surface area contributed by atoms with E-state index in [2.05, 4.69) is 5.32 Å². The van der Waals surface area contributed by atoms with Crippen LogP contribution in [0.4, 0.5) is 20.2 Å². The number of hydrogen-bond acceptors (Lipinski definition) is 6. The number of carbonyl (C=O) groups is 2. The van der Waals surface area contributed by atoms with Crippen molar-refractivity contribution in [3.8, 4) is 5.75 Å². The topological polar surface area (TPSA) is 108 Å². The SMILES string of the molecule is COc1ccc([N+](=O)[O-])cc1NC(=O)[C@@H](C)OC(=O)c1cc(F)cc(F)c1. The Bertz CT molecular complexity index is 883. The summed E-state index contributed by atoms with van der Waals surface area (Å²) in [6.45, 7) is 1.23. The number of rotatable bonds is 6. The number of benzene rings is 2. The lowest BCUT2D eigenvalue weighted by molar-refractivity contribution is -0.384. The lowest BCUT2D eigenvalue weighted by atomic mass is 10.2. The van der Waals surface area contributed by atoms with E-state index >= 15 is 0 Å². The zero-order valence-electron chi connectivity index (χ0n) is 14.2. The zero-order valence-corrected chi connectivity index (χ0v) is 14.2. The van der Waals surface area contributed by atoms with Crippen LogP contribution >= 0.6 is 0 Å². The summed E-state index contributed by atoms with van der Waals surface area (Å²) in [5.74, 6) is -3.72. The number of nitro benzene ring substituents is 1. The molecule has 27 heavy (non-hydrogen) atoms. The number of nitrogens with zero attached hydrogens (tertiary/aromatic N) is 1. The molecule has 0 aromatic heterocycles. The molecule has 142 valence electrons. The van der Waals surface area contributed by atoms with Gasteiger partial charge in [-0.3, -0.25) is 14.9 Å². The van der Waals surface area contributed by atoms with Gasteiger partial charge in [-0.05, 0) is 25.1 Å². The minimum atomic E-state index is -1.35. The highest BCUT2D eigenvalue weighted by Crippen LogP contribution is 2.29. The fourth-order valence-electron chi connectivity index (χ4n) is 2.10. The molecule has 8 nitrogen and oxygen atoms in total. The summed E-state index contributed by atoms with van der Waals surface area (Å²) < 4.78 is 36.2. The normalized spacial score (nSPS) is 11.4. The summed E-state index contributed by atoms with van der Waals surface area (Å²) in [6.07, 6.45) is -1.35. The summed E-state index contributed by atoms with van der Waals surface area (Å²) in [4.78, 5) is 34.3. The standard InChI is InChI=1S/C17H14F2N2O6/c1-9(27-17(23)10-5-11(18)7-12(19)6-10)16(22)20-14-8-13(21(24)25)3-4-15(14)26-2/h3-9H,1-2H3,(H,20,22)/t9-/m1/s1. The molecule has 1 amide bonds. The van der Waals surface area contributed by atoms with Gasteiger partial charge in [-0.25, -0.2) is 13.6 Å². The van der Waals surface area contributed by atoms with E-state index in [1.165, 1.54) is 26.2 Å². The van der Waals surface area contributed by atoms with Crippen LogP contribution in [0.5, 0.6) is 5.75 Å². The Hall–Kier alpha value is -3.56. The molecule has 2 aromatic rings. The Morgan fingerprint density at radius 3 is 2.33 bits per heavy atom. The highest BCUT2D eigenvalue weighted by molar-refractivity contribution is 5.98. The zero-order chi connectivity index (χ0) is 20.1. The molecule has 0 radical (unpaired) electrons. The first kappa shape index (κ1) is 19.8. The molecule has 1 N–H and O–H groups in total. The lowest BCUT2D eigenvalue weighted by Crippen LogP contribution is -2.30. The van der Waals surface area contributed by atoms with Gasteiger partial charge in [0.2, 0.25) is 0 Å². The van der Waals surface area contributed by atoms with Gasteiger partial charge in [-0.1, -0.05) is 0 Å². The van der Waals surface area contributed by atoms with Crippen molar-refractivity contribution in [1.29, 1.82) is 0 Å². The van der Waals surface area contributed by atoms with Crippen LogP contribution in [0.2, 0.25) is 0 Å². The van der Waals surface area contributed by atoms with Gasteiger partial charge in [-0.15, -0.1) is 0 Å². The molecule has 0 saturated carbocycles. The van der Waals surface area contributed by atoms with Gasteiger partial charge < -0.3 is 14.8 Å². The van der Waals surface area contributed by atoms with Gasteiger partial charge >= 0.3 is 5.97 Å². The van der Waals surface area contributed by atoms with Crippen molar-refractivity contribution in [3.05, 3.63) is 63.7 Å². The predicted octanol–water partition coefficient (Wildman–Crippen LogP) is 3.07. The molecule has 0 spiro atoms. The highest BCUT2D eigenvalue weighted by atomic mass is 19.1. The van der Waals surface area contributed by atoms with E-state index in [0.29, 0.717) is 6.07 Å². The van der Waals surface area contributed by atoms with Gasteiger partial charge in [0.05, 0.1) is 23.3 Å². The van der Waals surface area contributed by atoms with E-state index < -0.39 is 40.1 Å². The van der Waals surface area contributed by atoms with Crippen LogP contribution in [-0.4, -0.2) is 30.0 Å². The van der Waals surface area contributed by atoms with Gasteiger partial charge in [0, 0.05) is 18.2 Å². The minimum absolute atomic E-state index is 0.00333. The molecule has 0 unspecified atom stereocenters. The number of non-ortho nitro benzene ring substituents is 1. The predicted molar refractivity (Wildman–Crippen MR) is 89.5 cm³/mol. The van der Waals surface area contributed by atoms with Crippen LogP contribution in [0.15, 0.2) is 36.4 Å². The Morgan fingerprint density at radius 1 is 1.15 bits per heavy atom. The first-order valence-electron chi connectivity index (χ1n) is 7.51. The Labute approximate surface area is 151 Å². The van der Waals surface area contributed by atoms with Crippen molar-refractivity contribution < 1.29 is 32.8 Å². The maximum absolute atomic E-state index is 13.2. The smallest absolute Gasteiger partial charge is 0.339 e.